The van der Waals surface area contributed by atoms with Crippen LogP contribution >= 0.6 is 0 Å². The summed E-state index contributed by atoms with van der Waals surface area (Å²) in [5, 5.41) is 2.96. The standard InChI is InChI=1S/C18H23N3O5/c1-4-12(8-21(2)3)19-18(22)14-9-24-17(20-14)10-23-13-5-6-15-16(7-13)26-11-25-15/h5-7,9,12H,4,8,10-11H2,1-3H3,(H,19,22)/t12-/m0/s1. The number of amides is 1. The average molecular weight is 361 g/mol. The summed E-state index contributed by atoms with van der Waals surface area (Å²) in [4.78, 5) is 18.5. The van der Waals surface area contributed by atoms with E-state index in [2.05, 4.69) is 10.3 Å². The van der Waals surface area contributed by atoms with E-state index in [1.165, 1.54) is 6.26 Å². The van der Waals surface area contributed by atoms with Crippen LogP contribution < -0.4 is 19.5 Å². The number of carbonyl (C=O) groups is 1. The largest absolute Gasteiger partial charge is 0.484 e. The second-order valence-electron chi connectivity index (χ2n) is 6.27. The summed E-state index contributed by atoms with van der Waals surface area (Å²) in [6.45, 7) is 3.12. The van der Waals surface area contributed by atoms with Crippen molar-refractivity contribution >= 4 is 5.91 Å². The highest BCUT2D eigenvalue weighted by Crippen LogP contribution is 2.35. The number of aromatic nitrogens is 1. The van der Waals surface area contributed by atoms with Crippen LogP contribution in [-0.4, -0.2) is 49.3 Å². The van der Waals surface area contributed by atoms with E-state index >= 15 is 0 Å². The SMILES string of the molecule is CC[C@@H](CN(C)C)NC(=O)c1coc(COc2ccc3c(c2)OCO3)n1. The Labute approximate surface area is 152 Å². The van der Waals surface area contributed by atoms with Crippen LogP contribution in [0.15, 0.2) is 28.9 Å². The van der Waals surface area contributed by atoms with Crippen LogP contribution in [0.25, 0.3) is 0 Å². The number of hydrogen-bond donors (Lipinski definition) is 1. The van der Waals surface area contributed by atoms with Gasteiger partial charge < -0.3 is 28.8 Å². The maximum absolute atomic E-state index is 12.3. The molecule has 0 bridgehead atoms. The summed E-state index contributed by atoms with van der Waals surface area (Å²) in [5.74, 6) is 2.01. The molecule has 0 aliphatic carbocycles. The average Bonchev–Trinajstić information content (AvgIpc) is 3.27. The molecule has 0 unspecified atom stereocenters. The van der Waals surface area contributed by atoms with Crippen molar-refractivity contribution in [2.75, 3.05) is 27.4 Å². The molecule has 1 amide bonds. The number of oxazole rings is 1. The first-order chi connectivity index (χ1) is 12.5. The minimum atomic E-state index is -0.253. The zero-order valence-electron chi connectivity index (χ0n) is 15.2. The van der Waals surface area contributed by atoms with E-state index in [9.17, 15) is 4.79 Å². The van der Waals surface area contributed by atoms with Gasteiger partial charge in [-0.15, -0.1) is 0 Å². The number of ether oxygens (including phenoxy) is 3. The van der Waals surface area contributed by atoms with E-state index < -0.39 is 0 Å². The number of nitrogens with one attached hydrogen (secondary N) is 1. The van der Waals surface area contributed by atoms with Crippen LogP contribution in [0.4, 0.5) is 0 Å². The third kappa shape index (κ3) is 4.45. The number of benzene rings is 1. The van der Waals surface area contributed by atoms with Gasteiger partial charge in [0.1, 0.15) is 12.0 Å². The molecule has 8 nitrogen and oxygen atoms in total. The van der Waals surface area contributed by atoms with Crippen molar-refractivity contribution in [3.05, 3.63) is 36.0 Å². The lowest BCUT2D eigenvalue weighted by molar-refractivity contribution is 0.0924. The molecular formula is C18H23N3O5. The number of nitrogens with zero attached hydrogens (tertiary/aromatic N) is 2. The summed E-state index contributed by atoms with van der Waals surface area (Å²) >= 11 is 0. The molecule has 8 heteroatoms. The first kappa shape index (κ1) is 18.1. The third-order valence-corrected chi connectivity index (χ3v) is 3.90. The molecular weight excluding hydrogens is 338 g/mol. The van der Waals surface area contributed by atoms with Crippen molar-refractivity contribution in [3.8, 4) is 17.2 Å². The molecule has 140 valence electrons. The molecule has 0 spiro atoms. The number of hydrogen-bond acceptors (Lipinski definition) is 7. The zero-order valence-corrected chi connectivity index (χ0v) is 15.2. The Morgan fingerprint density at radius 3 is 2.92 bits per heavy atom. The molecule has 0 saturated heterocycles. The smallest absolute Gasteiger partial charge is 0.273 e. The number of carbonyl (C=O) groups excluding carboxylic acids is 1. The minimum absolute atomic E-state index is 0.0579. The van der Waals surface area contributed by atoms with Gasteiger partial charge >= 0.3 is 0 Å². The monoisotopic (exact) mass is 361 g/mol. The molecule has 3 rings (SSSR count). The van der Waals surface area contributed by atoms with Crippen molar-refractivity contribution in [2.24, 2.45) is 0 Å². The fourth-order valence-corrected chi connectivity index (χ4v) is 2.57. The van der Waals surface area contributed by atoms with Gasteiger partial charge in [-0.05, 0) is 32.6 Å². The normalized spacial score (nSPS) is 13.7. The maximum Gasteiger partial charge on any atom is 0.273 e. The van der Waals surface area contributed by atoms with Crippen LogP contribution in [0.5, 0.6) is 17.2 Å². The van der Waals surface area contributed by atoms with Gasteiger partial charge in [-0.3, -0.25) is 4.79 Å². The lowest BCUT2D eigenvalue weighted by Gasteiger charge is -2.20. The van der Waals surface area contributed by atoms with Gasteiger partial charge in [-0.25, -0.2) is 4.98 Å². The summed E-state index contributed by atoms with van der Waals surface area (Å²) in [5.41, 5.74) is 0.242. The van der Waals surface area contributed by atoms with E-state index in [4.69, 9.17) is 18.6 Å². The Bertz CT molecular complexity index is 759. The first-order valence-corrected chi connectivity index (χ1v) is 8.47. The Morgan fingerprint density at radius 1 is 1.35 bits per heavy atom. The van der Waals surface area contributed by atoms with E-state index in [1.54, 1.807) is 18.2 Å². The Kier molecular flexibility index (Phi) is 5.62. The molecule has 1 N–H and O–H groups in total. The highest BCUT2D eigenvalue weighted by atomic mass is 16.7. The zero-order chi connectivity index (χ0) is 18.5. The minimum Gasteiger partial charge on any atom is -0.484 e. The topological polar surface area (TPSA) is 86.1 Å². The van der Waals surface area contributed by atoms with Gasteiger partial charge in [0.05, 0.1) is 0 Å². The molecule has 1 aliphatic heterocycles. The van der Waals surface area contributed by atoms with Crippen molar-refractivity contribution in [3.63, 3.8) is 0 Å². The summed E-state index contributed by atoms with van der Waals surface area (Å²) in [6.07, 6.45) is 2.18. The molecule has 1 aliphatic rings. The third-order valence-electron chi connectivity index (χ3n) is 3.90. The van der Waals surface area contributed by atoms with Crippen LogP contribution in [0.3, 0.4) is 0 Å². The van der Waals surface area contributed by atoms with E-state index in [-0.39, 0.29) is 31.0 Å². The quantitative estimate of drug-likeness (QED) is 0.770. The number of rotatable bonds is 8. The van der Waals surface area contributed by atoms with Crippen LogP contribution in [0, 0.1) is 0 Å². The lowest BCUT2D eigenvalue weighted by Crippen LogP contribution is -2.41. The Morgan fingerprint density at radius 2 is 2.15 bits per heavy atom. The van der Waals surface area contributed by atoms with Crippen molar-refractivity contribution < 1.29 is 23.4 Å². The van der Waals surface area contributed by atoms with Gasteiger partial charge in [-0.1, -0.05) is 6.92 Å². The van der Waals surface area contributed by atoms with Gasteiger partial charge in [0.15, 0.2) is 23.8 Å². The van der Waals surface area contributed by atoms with E-state index in [1.807, 2.05) is 25.9 Å². The summed E-state index contributed by atoms with van der Waals surface area (Å²) in [7, 11) is 3.94. The fourth-order valence-electron chi connectivity index (χ4n) is 2.57. The molecule has 1 aromatic heterocycles. The fraction of sp³-hybridized carbons (Fsp3) is 0.444. The molecule has 1 aromatic carbocycles. The molecule has 26 heavy (non-hydrogen) atoms. The molecule has 2 aromatic rings. The second kappa shape index (κ2) is 8.09. The van der Waals surface area contributed by atoms with Crippen LogP contribution in [-0.2, 0) is 6.61 Å². The molecule has 0 radical (unpaired) electrons. The predicted molar refractivity (Wildman–Crippen MR) is 93.5 cm³/mol. The number of likely N-dealkylation sites (N-methyl/N-ethyl adjacent to an activating group) is 1. The van der Waals surface area contributed by atoms with Crippen molar-refractivity contribution in [1.82, 2.24) is 15.2 Å². The van der Waals surface area contributed by atoms with Crippen LogP contribution in [0.2, 0.25) is 0 Å². The summed E-state index contributed by atoms with van der Waals surface area (Å²) in [6, 6.07) is 5.35. The predicted octanol–water partition coefficient (Wildman–Crippen LogP) is 2.05. The first-order valence-electron chi connectivity index (χ1n) is 8.47. The van der Waals surface area contributed by atoms with Gasteiger partial charge in [0, 0.05) is 18.7 Å². The van der Waals surface area contributed by atoms with Crippen LogP contribution in [0.1, 0.15) is 29.7 Å². The van der Waals surface area contributed by atoms with Crippen molar-refractivity contribution in [1.29, 1.82) is 0 Å². The number of fused-ring (bicyclic) bond motifs is 1. The molecule has 1 atom stereocenters. The van der Waals surface area contributed by atoms with E-state index in [0.717, 1.165) is 13.0 Å². The highest BCUT2D eigenvalue weighted by Gasteiger charge is 2.18. The second-order valence-corrected chi connectivity index (χ2v) is 6.27. The Hall–Kier alpha value is -2.74. The van der Waals surface area contributed by atoms with Gasteiger partial charge in [-0.2, -0.15) is 0 Å². The van der Waals surface area contributed by atoms with Gasteiger partial charge in [0.2, 0.25) is 12.7 Å². The molecule has 2 heterocycles. The van der Waals surface area contributed by atoms with E-state index in [0.29, 0.717) is 23.1 Å². The maximum atomic E-state index is 12.3. The van der Waals surface area contributed by atoms with Gasteiger partial charge in [0.25, 0.3) is 5.91 Å². The Balaban J connectivity index is 1.55. The lowest BCUT2D eigenvalue weighted by atomic mass is 10.2. The molecule has 0 saturated carbocycles. The molecule has 0 fully saturated rings. The highest BCUT2D eigenvalue weighted by molar-refractivity contribution is 5.92. The van der Waals surface area contributed by atoms with Crippen molar-refractivity contribution in [2.45, 2.75) is 26.0 Å². The summed E-state index contributed by atoms with van der Waals surface area (Å²) < 4.78 is 21.5.